The first kappa shape index (κ1) is 11.2. The Bertz CT molecular complexity index is 500. The van der Waals surface area contributed by atoms with Gasteiger partial charge in [0, 0.05) is 11.3 Å². The van der Waals surface area contributed by atoms with Crippen LogP contribution in [0.15, 0.2) is 22.7 Å². The molecule has 0 saturated heterocycles. The summed E-state index contributed by atoms with van der Waals surface area (Å²) in [4.78, 5) is 7.71. The summed E-state index contributed by atoms with van der Waals surface area (Å²) in [5.74, 6) is 1.71. The molecule has 0 unspecified atom stereocenters. The molecule has 3 nitrogen and oxygen atoms in total. The number of rotatable bonds is 2. The third-order valence-electron chi connectivity index (χ3n) is 2.55. The molecule has 0 aliphatic carbocycles. The van der Waals surface area contributed by atoms with Gasteiger partial charge in [-0.1, -0.05) is 0 Å². The maximum absolute atomic E-state index is 5.19. The number of nitrogens with zero attached hydrogens (tertiary/aromatic N) is 1. The lowest BCUT2D eigenvalue weighted by Gasteiger charge is -2.04. The van der Waals surface area contributed by atoms with E-state index in [9.17, 15) is 0 Å². The zero-order valence-electron chi connectivity index (χ0n) is 9.47. The third-order valence-corrected chi connectivity index (χ3v) is 3.17. The summed E-state index contributed by atoms with van der Waals surface area (Å²) >= 11 is 3.46. The van der Waals surface area contributed by atoms with Crippen molar-refractivity contribution < 1.29 is 4.74 Å². The van der Waals surface area contributed by atoms with Gasteiger partial charge in [0.25, 0.3) is 0 Å². The van der Waals surface area contributed by atoms with E-state index in [0.717, 1.165) is 33.0 Å². The van der Waals surface area contributed by atoms with Gasteiger partial charge in [-0.3, -0.25) is 0 Å². The monoisotopic (exact) mass is 280 g/mol. The smallest absolute Gasteiger partial charge is 0.137 e. The summed E-state index contributed by atoms with van der Waals surface area (Å²) in [5, 5.41) is 0. The summed E-state index contributed by atoms with van der Waals surface area (Å²) in [5.41, 5.74) is 3.17. The van der Waals surface area contributed by atoms with Crippen LogP contribution in [0.4, 0.5) is 0 Å². The molecule has 0 amide bonds. The lowest BCUT2D eigenvalue weighted by Crippen LogP contribution is -1.86. The number of aryl methyl sites for hydroxylation is 2. The van der Waals surface area contributed by atoms with Crippen molar-refractivity contribution in [1.82, 2.24) is 9.97 Å². The number of aromatic nitrogens is 2. The Labute approximate surface area is 103 Å². The van der Waals surface area contributed by atoms with E-state index in [2.05, 4.69) is 25.9 Å². The second-order valence-electron chi connectivity index (χ2n) is 3.65. The summed E-state index contributed by atoms with van der Waals surface area (Å²) in [7, 11) is 1.65. The van der Waals surface area contributed by atoms with Crippen molar-refractivity contribution in [1.29, 1.82) is 0 Å². The van der Waals surface area contributed by atoms with Gasteiger partial charge in [-0.15, -0.1) is 0 Å². The van der Waals surface area contributed by atoms with Crippen LogP contribution in [0.1, 0.15) is 11.4 Å². The molecule has 0 spiro atoms. The minimum absolute atomic E-state index is 0.823. The number of aromatic amines is 1. The van der Waals surface area contributed by atoms with E-state index < -0.39 is 0 Å². The largest absolute Gasteiger partial charge is 0.496 e. The zero-order valence-corrected chi connectivity index (χ0v) is 11.1. The number of hydrogen-bond donors (Lipinski definition) is 1. The first-order valence-electron chi connectivity index (χ1n) is 4.99. The molecule has 2 rings (SSSR count). The average molecular weight is 281 g/mol. The van der Waals surface area contributed by atoms with Gasteiger partial charge < -0.3 is 9.72 Å². The number of hydrogen-bond acceptors (Lipinski definition) is 2. The van der Waals surface area contributed by atoms with Crippen LogP contribution in [0.25, 0.3) is 11.4 Å². The molecule has 16 heavy (non-hydrogen) atoms. The first-order chi connectivity index (χ1) is 7.61. The number of ether oxygens (including phenoxy) is 1. The molecule has 4 heteroatoms. The molecular weight excluding hydrogens is 268 g/mol. The average Bonchev–Trinajstić information content (AvgIpc) is 2.59. The fraction of sp³-hybridized carbons (Fsp3) is 0.250. The van der Waals surface area contributed by atoms with Crippen molar-refractivity contribution in [2.24, 2.45) is 0 Å². The summed E-state index contributed by atoms with van der Waals surface area (Å²) in [6.45, 7) is 4.01. The molecule has 1 aromatic heterocycles. The second-order valence-corrected chi connectivity index (χ2v) is 4.50. The molecule has 0 radical (unpaired) electrons. The molecule has 2 aromatic rings. The van der Waals surface area contributed by atoms with E-state index in [4.69, 9.17) is 4.74 Å². The molecule has 1 N–H and O–H groups in total. The van der Waals surface area contributed by atoms with Crippen molar-refractivity contribution in [2.45, 2.75) is 13.8 Å². The summed E-state index contributed by atoms with van der Waals surface area (Å²) in [6, 6.07) is 5.91. The Kier molecular flexibility index (Phi) is 3.01. The summed E-state index contributed by atoms with van der Waals surface area (Å²) < 4.78 is 6.12. The maximum Gasteiger partial charge on any atom is 0.137 e. The van der Waals surface area contributed by atoms with E-state index in [-0.39, 0.29) is 0 Å². The highest BCUT2D eigenvalue weighted by molar-refractivity contribution is 9.10. The third kappa shape index (κ3) is 1.97. The maximum atomic E-state index is 5.19. The standard InChI is InChI=1S/C12H13BrN2O/c1-7-8(2)15-12(14-7)9-4-5-11(16-3)10(13)6-9/h4-6H,1-3H3,(H,14,15). The topological polar surface area (TPSA) is 37.9 Å². The van der Waals surface area contributed by atoms with E-state index in [1.165, 1.54) is 0 Å². The fourth-order valence-corrected chi connectivity index (χ4v) is 2.04. The van der Waals surface area contributed by atoms with Crippen molar-refractivity contribution in [3.63, 3.8) is 0 Å². The van der Waals surface area contributed by atoms with Gasteiger partial charge in [0.1, 0.15) is 11.6 Å². The van der Waals surface area contributed by atoms with E-state index in [0.29, 0.717) is 0 Å². The van der Waals surface area contributed by atoms with Crippen molar-refractivity contribution >= 4 is 15.9 Å². The van der Waals surface area contributed by atoms with Crippen molar-refractivity contribution in [2.75, 3.05) is 7.11 Å². The van der Waals surface area contributed by atoms with Crippen molar-refractivity contribution in [3.05, 3.63) is 34.1 Å². The van der Waals surface area contributed by atoms with Gasteiger partial charge >= 0.3 is 0 Å². The Hall–Kier alpha value is -1.29. The van der Waals surface area contributed by atoms with Crippen LogP contribution in [0.5, 0.6) is 5.75 Å². The van der Waals surface area contributed by atoms with E-state index >= 15 is 0 Å². The van der Waals surface area contributed by atoms with Crippen molar-refractivity contribution in [3.8, 4) is 17.1 Å². The van der Waals surface area contributed by atoms with Crippen LogP contribution < -0.4 is 4.74 Å². The quantitative estimate of drug-likeness (QED) is 0.915. The van der Waals surface area contributed by atoms with Gasteiger partial charge in [-0.2, -0.15) is 0 Å². The van der Waals surface area contributed by atoms with Crippen LogP contribution in [0.3, 0.4) is 0 Å². The Balaban J connectivity index is 2.45. The van der Waals surface area contributed by atoms with Crippen LogP contribution >= 0.6 is 15.9 Å². The number of benzene rings is 1. The highest BCUT2D eigenvalue weighted by atomic mass is 79.9. The molecule has 0 bridgehead atoms. The SMILES string of the molecule is COc1ccc(-c2nc(C)c(C)[nH]2)cc1Br. The normalized spacial score (nSPS) is 10.5. The van der Waals surface area contributed by atoms with E-state index in [1.807, 2.05) is 32.0 Å². The molecular formula is C12H13BrN2O. The number of nitrogens with one attached hydrogen (secondary N) is 1. The van der Waals surface area contributed by atoms with Crippen LogP contribution in [0, 0.1) is 13.8 Å². The van der Waals surface area contributed by atoms with Crippen LogP contribution in [0.2, 0.25) is 0 Å². The van der Waals surface area contributed by atoms with Gasteiger partial charge in [0.2, 0.25) is 0 Å². The Morgan fingerprint density at radius 3 is 2.56 bits per heavy atom. The minimum atomic E-state index is 0.823. The molecule has 1 aromatic carbocycles. The zero-order chi connectivity index (χ0) is 11.7. The number of imidazole rings is 1. The molecule has 0 fully saturated rings. The number of halogens is 1. The van der Waals surface area contributed by atoms with Gasteiger partial charge in [-0.25, -0.2) is 4.98 Å². The fourth-order valence-electron chi connectivity index (χ4n) is 1.50. The van der Waals surface area contributed by atoms with Crippen LogP contribution in [-0.2, 0) is 0 Å². The Morgan fingerprint density at radius 2 is 2.06 bits per heavy atom. The molecule has 84 valence electrons. The highest BCUT2D eigenvalue weighted by Gasteiger charge is 2.07. The Morgan fingerprint density at radius 1 is 1.31 bits per heavy atom. The molecule has 0 aliphatic rings. The molecule has 0 aliphatic heterocycles. The van der Waals surface area contributed by atoms with Gasteiger partial charge in [0.15, 0.2) is 0 Å². The molecule has 0 atom stereocenters. The van der Waals surface area contributed by atoms with Crippen LogP contribution in [-0.4, -0.2) is 17.1 Å². The van der Waals surface area contributed by atoms with Gasteiger partial charge in [-0.05, 0) is 48.0 Å². The van der Waals surface area contributed by atoms with Gasteiger partial charge in [0.05, 0.1) is 17.3 Å². The predicted molar refractivity (Wildman–Crippen MR) is 67.7 cm³/mol. The highest BCUT2D eigenvalue weighted by Crippen LogP contribution is 2.29. The molecule has 0 saturated carbocycles. The second kappa shape index (κ2) is 4.29. The minimum Gasteiger partial charge on any atom is -0.496 e. The lowest BCUT2D eigenvalue weighted by atomic mass is 10.2. The number of methoxy groups -OCH3 is 1. The first-order valence-corrected chi connectivity index (χ1v) is 5.78. The number of H-pyrrole nitrogens is 1. The lowest BCUT2D eigenvalue weighted by molar-refractivity contribution is 0.412. The molecule has 1 heterocycles. The predicted octanol–water partition coefficient (Wildman–Crippen LogP) is 3.46. The summed E-state index contributed by atoms with van der Waals surface area (Å²) in [6.07, 6.45) is 0. The van der Waals surface area contributed by atoms with E-state index in [1.54, 1.807) is 7.11 Å².